The average molecular weight is 481 g/mol. The molecular weight excluding hydrogens is 451 g/mol. The van der Waals surface area contributed by atoms with Crippen molar-refractivity contribution < 1.29 is 18.7 Å². The fraction of sp³-hybridized carbons (Fsp3) is 0.333. The summed E-state index contributed by atoms with van der Waals surface area (Å²) in [6.45, 7) is 6.62. The van der Waals surface area contributed by atoms with Crippen LogP contribution in [0.25, 0.3) is 0 Å². The van der Waals surface area contributed by atoms with Gasteiger partial charge in [-0.2, -0.15) is 0 Å². The van der Waals surface area contributed by atoms with E-state index in [9.17, 15) is 14.0 Å². The van der Waals surface area contributed by atoms with E-state index in [0.717, 1.165) is 23.3 Å². The van der Waals surface area contributed by atoms with Crippen molar-refractivity contribution in [2.45, 2.75) is 39.3 Å². The first-order valence-electron chi connectivity index (χ1n) is 11.5. The number of aryl methyl sites for hydroxylation is 1. The number of ether oxygens (including phenoxy) is 1. The van der Waals surface area contributed by atoms with Crippen LogP contribution in [0.1, 0.15) is 46.3 Å². The normalized spacial score (nSPS) is 15.2. The van der Waals surface area contributed by atoms with Gasteiger partial charge in [0.15, 0.2) is 0 Å². The lowest BCUT2D eigenvalue weighted by Crippen LogP contribution is -2.49. The van der Waals surface area contributed by atoms with Crippen LogP contribution >= 0.6 is 11.3 Å². The first kappa shape index (κ1) is 24.0. The van der Waals surface area contributed by atoms with E-state index in [0.29, 0.717) is 18.7 Å². The van der Waals surface area contributed by atoms with Gasteiger partial charge >= 0.3 is 0 Å². The standard InChI is InChI=1S/C27H29FN2O3S/c1-18(2)30(27(32)20-8-10-21(28)11-9-20)16-26(31)29-14-12-25-22(13-15-34-25)23(29)17-33-24-7-5-4-6-19(24)3/h4-11,13,15,18,23H,12,14,16-17H2,1-3H3. The zero-order valence-corrected chi connectivity index (χ0v) is 20.5. The Morgan fingerprint density at radius 1 is 1.15 bits per heavy atom. The van der Waals surface area contributed by atoms with E-state index < -0.39 is 5.82 Å². The van der Waals surface area contributed by atoms with Crippen molar-refractivity contribution in [3.05, 3.63) is 87.4 Å². The molecule has 3 aromatic rings. The lowest BCUT2D eigenvalue weighted by Gasteiger charge is -2.37. The van der Waals surface area contributed by atoms with Gasteiger partial charge in [-0.05, 0) is 80.1 Å². The highest BCUT2D eigenvalue weighted by Gasteiger charge is 2.34. The predicted molar refractivity (Wildman–Crippen MR) is 132 cm³/mol. The summed E-state index contributed by atoms with van der Waals surface area (Å²) in [6.07, 6.45) is 0.785. The Morgan fingerprint density at radius 2 is 1.88 bits per heavy atom. The van der Waals surface area contributed by atoms with Crippen molar-refractivity contribution in [2.75, 3.05) is 19.7 Å². The summed E-state index contributed by atoms with van der Waals surface area (Å²) < 4.78 is 19.5. The fourth-order valence-corrected chi connectivity index (χ4v) is 5.17. The second-order valence-corrected chi connectivity index (χ2v) is 9.76. The number of nitrogens with zero attached hydrogens (tertiary/aromatic N) is 2. The molecule has 1 aliphatic rings. The van der Waals surface area contributed by atoms with Crippen LogP contribution in [0, 0.1) is 12.7 Å². The maximum atomic E-state index is 13.5. The van der Waals surface area contributed by atoms with Crippen molar-refractivity contribution >= 4 is 23.2 Å². The van der Waals surface area contributed by atoms with Crippen LogP contribution in [0.3, 0.4) is 0 Å². The van der Waals surface area contributed by atoms with Crippen LogP contribution in [0.2, 0.25) is 0 Å². The molecule has 0 fully saturated rings. The maximum Gasteiger partial charge on any atom is 0.254 e. The lowest BCUT2D eigenvalue weighted by molar-refractivity contribution is -0.136. The van der Waals surface area contributed by atoms with Crippen LogP contribution in [0.5, 0.6) is 5.75 Å². The van der Waals surface area contributed by atoms with Crippen LogP contribution < -0.4 is 4.74 Å². The fourth-order valence-electron chi connectivity index (χ4n) is 4.25. The molecule has 178 valence electrons. The van der Waals surface area contributed by atoms with Crippen molar-refractivity contribution in [1.82, 2.24) is 9.80 Å². The second-order valence-electron chi connectivity index (χ2n) is 8.76. The SMILES string of the molecule is Cc1ccccc1OCC1c2ccsc2CCN1C(=O)CN(C(=O)c1ccc(F)cc1)C(C)C. The minimum Gasteiger partial charge on any atom is -0.491 e. The molecule has 0 saturated carbocycles. The van der Waals surface area contributed by atoms with Gasteiger partial charge in [0, 0.05) is 23.0 Å². The van der Waals surface area contributed by atoms with Gasteiger partial charge in [0.2, 0.25) is 5.91 Å². The Balaban J connectivity index is 1.54. The van der Waals surface area contributed by atoms with E-state index in [-0.39, 0.29) is 30.4 Å². The zero-order chi connectivity index (χ0) is 24.2. The number of thiophene rings is 1. The molecule has 5 nitrogen and oxygen atoms in total. The summed E-state index contributed by atoms with van der Waals surface area (Å²) in [7, 11) is 0. The molecule has 0 spiro atoms. The molecule has 7 heteroatoms. The van der Waals surface area contributed by atoms with E-state index in [4.69, 9.17) is 4.74 Å². The molecule has 2 amide bonds. The molecule has 0 saturated heterocycles. The number of fused-ring (bicyclic) bond motifs is 1. The van der Waals surface area contributed by atoms with Gasteiger partial charge in [0.05, 0.1) is 6.04 Å². The minimum absolute atomic E-state index is 0.0474. The van der Waals surface area contributed by atoms with Gasteiger partial charge in [-0.25, -0.2) is 4.39 Å². The van der Waals surface area contributed by atoms with Gasteiger partial charge in [0.25, 0.3) is 5.91 Å². The van der Waals surface area contributed by atoms with Crippen molar-refractivity contribution in [3.8, 4) is 5.75 Å². The van der Waals surface area contributed by atoms with E-state index in [1.807, 2.05) is 49.9 Å². The van der Waals surface area contributed by atoms with Gasteiger partial charge in [0.1, 0.15) is 24.7 Å². The molecule has 1 unspecified atom stereocenters. The number of halogens is 1. The summed E-state index contributed by atoms with van der Waals surface area (Å²) in [5.41, 5.74) is 2.51. The molecule has 2 aromatic carbocycles. The minimum atomic E-state index is -0.403. The molecule has 1 aromatic heterocycles. The number of para-hydroxylation sites is 1. The molecule has 0 aliphatic carbocycles. The summed E-state index contributed by atoms with van der Waals surface area (Å²) >= 11 is 1.70. The van der Waals surface area contributed by atoms with Crippen molar-refractivity contribution in [1.29, 1.82) is 0 Å². The van der Waals surface area contributed by atoms with Gasteiger partial charge in [-0.15, -0.1) is 11.3 Å². The number of amides is 2. The average Bonchev–Trinajstić information content (AvgIpc) is 3.31. The van der Waals surface area contributed by atoms with Crippen LogP contribution in [0.15, 0.2) is 60.0 Å². The second kappa shape index (κ2) is 10.4. The Labute approximate surface area is 203 Å². The molecule has 0 radical (unpaired) electrons. The number of benzene rings is 2. The largest absolute Gasteiger partial charge is 0.491 e. The maximum absolute atomic E-state index is 13.5. The van der Waals surface area contributed by atoms with Crippen molar-refractivity contribution in [2.24, 2.45) is 0 Å². The molecule has 0 N–H and O–H groups in total. The summed E-state index contributed by atoms with van der Waals surface area (Å²) in [4.78, 5) is 31.3. The Bertz CT molecular complexity index is 1160. The number of hydrogen-bond acceptors (Lipinski definition) is 4. The number of carbonyl (C=O) groups is 2. The molecular formula is C27H29FN2O3S. The first-order valence-corrected chi connectivity index (χ1v) is 12.3. The highest BCUT2D eigenvalue weighted by Crippen LogP contribution is 2.34. The topological polar surface area (TPSA) is 49.9 Å². The smallest absolute Gasteiger partial charge is 0.254 e. The van der Waals surface area contributed by atoms with Crippen LogP contribution in [-0.2, 0) is 11.2 Å². The van der Waals surface area contributed by atoms with E-state index in [1.54, 1.807) is 11.3 Å². The van der Waals surface area contributed by atoms with Crippen molar-refractivity contribution in [3.63, 3.8) is 0 Å². The third-order valence-electron chi connectivity index (χ3n) is 6.19. The quantitative estimate of drug-likeness (QED) is 0.464. The van der Waals surface area contributed by atoms with Gasteiger partial charge < -0.3 is 14.5 Å². The molecule has 2 heterocycles. The third-order valence-corrected chi connectivity index (χ3v) is 7.18. The van der Waals surface area contributed by atoms with Crippen LogP contribution in [0.4, 0.5) is 4.39 Å². The number of hydrogen-bond donors (Lipinski definition) is 0. The highest BCUT2D eigenvalue weighted by atomic mass is 32.1. The van der Waals surface area contributed by atoms with E-state index >= 15 is 0 Å². The first-order chi connectivity index (χ1) is 16.3. The Hall–Kier alpha value is -3.19. The third kappa shape index (κ3) is 5.14. The molecule has 34 heavy (non-hydrogen) atoms. The van der Waals surface area contributed by atoms with E-state index in [2.05, 4.69) is 11.4 Å². The summed E-state index contributed by atoms with van der Waals surface area (Å²) in [6, 6.07) is 14.9. The van der Waals surface area contributed by atoms with Crippen LogP contribution in [-0.4, -0.2) is 47.4 Å². The van der Waals surface area contributed by atoms with E-state index in [1.165, 1.54) is 34.0 Å². The Morgan fingerprint density at radius 3 is 2.59 bits per heavy atom. The lowest BCUT2D eigenvalue weighted by atomic mass is 10.00. The Kier molecular flexibility index (Phi) is 7.32. The zero-order valence-electron chi connectivity index (χ0n) is 19.7. The molecule has 4 rings (SSSR count). The molecule has 0 bridgehead atoms. The summed E-state index contributed by atoms with van der Waals surface area (Å²) in [5.74, 6) is -0.0173. The number of carbonyl (C=O) groups excluding carboxylic acids is 2. The summed E-state index contributed by atoms with van der Waals surface area (Å²) in [5, 5.41) is 2.05. The van der Waals surface area contributed by atoms with Gasteiger partial charge in [-0.1, -0.05) is 18.2 Å². The monoisotopic (exact) mass is 480 g/mol. The predicted octanol–water partition coefficient (Wildman–Crippen LogP) is 5.25. The number of rotatable bonds is 7. The van der Waals surface area contributed by atoms with Gasteiger partial charge in [-0.3, -0.25) is 9.59 Å². The highest BCUT2D eigenvalue weighted by molar-refractivity contribution is 7.10. The molecule has 1 aliphatic heterocycles. The molecule has 1 atom stereocenters.